The minimum absolute atomic E-state index is 0.274. The summed E-state index contributed by atoms with van der Waals surface area (Å²) >= 11 is 0. The number of anilines is 1. The fraction of sp³-hybridized carbons (Fsp3) is 0.625. The van der Waals surface area contributed by atoms with Gasteiger partial charge in [0, 0.05) is 24.3 Å². The van der Waals surface area contributed by atoms with Gasteiger partial charge in [-0.3, -0.25) is 0 Å². The zero-order chi connectivity index (χ0) is 13.7. The molecule has 1 aliphatic rings. The molecule has 1 fully saturated rings. The molecular weight excluding hydrogens is 236 g/mol. The van der Waals surface area contributed by atoms with Crippen molar-refractivity contribution >= 4 is 5.69 Å². The number of likely N-dealkylation sites (tertiary alicyclic amines) is 1. The van der Waals surface area contributed by atoms with Crippen LogP contribution in [0.3, 0.4) is 0 Å². The van der Waals surface area contributed by atoms with E-state index in [4.69, 9.17) is 4.74 Å². The monoisotopic (exact) mass is 262 g/mol. The molecule has 19 heavy (non-hydrogen) atoms. The molecule has 1 heterocycles. The summed E-state index contributed by atoms with van der Waals surface area (Å²) in [5.74, 6) is 0.962. The van der Waals surface area contributed by atoms with Crippen LogP contribution in [0.15, 0.2) is 24.3 Å². The Morgan fingerprint density at radius 3 is 3.05 bits per heavy atom. The smallest absolute Gasteiger partial charge is 0.121 e. The number of hydrogen-bond donors (Lipinski definition) is 1. The quantitative estimate of drug-likeness (QED) is 0.880. The number of ether oxygens (including phenoxy) is 1. The molecule has 3 nitrogen and oxygen atoms in total. The second-order valence-electron chi connectivity index (χ2n) is 5.61. The molecule has 2 atom stereocenters. The van der Waals surface area contributed by atoms with Crippen LogP contribution in [0.5, 0.6) is 5.75 Å². The van der Waals surface area contributed by atoms with Gasteiger partial charge >= 0.3 is 0 Å². The van der Waals surface area contributed by atoms with Crippen molar-refractivity contribution in [3.05, 3.63) is 24.3 Å². The average molecular weight is 262 g/mol. The highest BCUT2D eigenvalue weighted by Crippen LogP contribution is 2.21. The first-order valence-electron chi connectivity index (χ1n) is 7.39. The maximum atomic E-state index is 5.86. The average Bonchev–Trinajstić information content (AvgIpc) is 2.39. The normalized spacial score (nSPS) is 21.9. The molecule has 1 N–H and O–H groups in total. The first-order chi connectivity index (χ1) is 9.17. The summed E-state index contributed by atoms with van der Waals surface area (Å²) in [5.41, 5.74) is 1.17. The highest BCUT2D eigenvalue weighted by atomic mass is 16.5. The maximum Gasteiger partial charge on any atom is 0.121 e. The van der Waals surface area contributed by atoms with Crippen LogP contribution in [0.25, 0.3) is 0 Å². The number of nitrogens with zero attached hydrogens (tertiary/aromatic N) is 1. The number of piperidine rings is 1. The summed E-state index contributed by atoms with van der Waals surface area (Å²) in [6, 6.07) is 8.88. The van der Waals surface area contributed by atoms with Gasteiger partial charge in [-0.25, -0.2) is 0 Å². The Labute approximate surface area is 116 Å². The molecule has 106 valence electrons. The molecule has 0 spiro atoms. The minimum Gasteiger partial charge on any atom is -0.491 e. The number of rotatable bonds is 5. The summed E-state index contributed by atoms with van der Waals surface area (Å²) < 4.78 is 5.86. The van der Waals surface area contributed by atoms with Crippen LogP contribution in [0.2, 0.25) is 0 Å². The number of hydrogen-bond acceptors (Lipinski definition) is 3. The van der Waals surface area contributed by atoms with Crippen molar-refractivity contribution in [2.45, 2.75) is 45.3 Å². The van der Waals surface area contributed by atoms with Crippen molar-refractivity contribution in [3.63, 3.8) is 0 Å². The zero-order valence-electron chi connectivity index (χ0n) is 12.4. The van der Waals surface area contributed by atoms with Crippen LogP contribution in [-0.4, -0.2) is 37.2 Å². The van der Waals surface area contributed by atoms with E-state index in [1.54, 1.807) is 0 Å². The van der Waals surface area contributed by atoms with E-state index in [0.717, 1.165) is 18.7 Å². The lowest BCUT2D eigenvalue weighted by Gasteiger charge is -2.31. The van der Waals surface area contributed by atoms with Gasteiger partial charge in [-0.05, 0) is 51.9 Å². The van der Waals surface area contributed by atoms with E-state index in [-0.39, 0.29) is 6.10 Å². The van der Waals surface area contributed by atoms with Gasteiger partial charge in [0.25, 0.3) is 0 Å². The van der Waals surface area contributed by atoms with Gasteiger partial charge in [-0.1, -0.05) is 13.0 Å². The van der Waals surface area contributed by atoms with Crippen molar-refractivity contribution in [2.24, 2.45) is 0 Å². The Morgan fingerprint density at radius 1 is 1.47 bits per heavy atom. The Hall–Kier alpha value is -1.22. The van der Waals surface area contributed by atoms with Gasteiger partial charge in [-0.2, -0.15) is 0 Å². The molecule has 2 rings (SSSR count). The number of nitrogens with one attached hydrogen (secondary N) is 1. The van der Waals surface area contributed by atoms with Gasteiger partial charge in [0.15, 0.2) is 0 Å². The molecule has 0 aliphatic carbocycles. The van der Waals surface area contributed by atoms with E-state index in [9.17, 15) is 0 Å². The van der Waals surface area contributed by atoms with Crippen LogP contribution in [-0.2, 0) is 0 Å². The molecule has 0 bridgehead atoms. The SMILES string of the molecule is CCC(C)Oc1cccc(NC2CCCN(C)C2)c1. The van der Waals surface area contributed by atoms with Crippen molar-refractivity contribution in [1.29, 1.82) is 0 Å². The molecule has 1 saturated heterocycles. The number of likely N-dealkylation sites (N-methyl/N-ethyl adjacent to an activating group) is 1. The van der Waals surface area contributed by atoms with Gasteiger partial charge in [-0.15, -0.1) is 0 Å². The summed E-state index contributed by atoms with van der Waals surface area (Å²) in [6.07, 6.45) is 3.83. The van der Waals surface area contributed by atoms with Gasteiger partial charge in [0.05, 0.1) is 6.10 Å². The lowest BCUT2D eigenvalue weighted by Crippen LogP contribution is -2.39. The third-order valence-corrected chi connectivity index (χ3v) is 3.74. The lowest BCUT2D eigenvalue weighted by molar-refractivity contribution is 0.217. The van der Waals surface area contributed by atoms with E-state index in [1.165, 1.54) is 25.1 Å². The van der Waals surface area contributed by atoms with E-state index < -0.39 is 0 Å². The van der Waals surface area contributed by atoms with Crippen molar-refractivity contribution in [2.75, 3.05) is 25.5 Å². The molecule has 1 aliphatic heterocycles. The van der Waals surface area contributed by atoms with Gasteiger partial charge in [0.2, 0.25) is 0 Å². The van der Waals surface area contributed by atoms with E-state index >= 15 is 0 Å². The van der Waals surface area contributed by atoms with Crippen LogP contribution in [0.4, 0.5) is 5.69 Å². The molecule has 0 radical (unpaired) electrons. The van der Waals surface area contributed by atoms with E-state index in [1.807, 2.05) is 6.07 Å². The van der Waals surface area contributed by atoms with E-state index in [2.05, 4.69) is 49.3 Å². The summed E-state index contributed by atoms with van der Waals surface area (Å²) in [4.78, 5) is 2.39. The van der Waals surface area contributed by atoms with Crippen LogP contribution in [0.1, 0.15) is 33.1 Å². The van der Waals surface area contributed by atoms with Crippen LogP contribution >= 0.6 is 0 Å². The van der Waals surface area contributed by atoms with Crippen LogP contribution < -0.4 is 10.1 Å². The molecule has 1 aromatic carbocycles. The lowest BCUT2D eigenvalue weighted by atomic mass is 10.1. The predicted octanol–water partition coefficient (Wildman–Crippen LogP) is 3.37. The predicted molar refractivity (Wildman–Crippen MR) is 81.0 cm³/mol. The second kappa shape index (κ2) is 6.80. The summed E-state index contributed by atoms with van der Waals surface area (Å²) in [6.45, 7) is 6.59. The Morgan fingerprint density at radius 2 is 2.32 bits per heavy atom. The second-order valence-corrected chi connectivity index (χ2v) is 5.61. The Bertz CT molecular complexity index is 394. The third-order valence-electron chi connectivity index (χ3n) is 3.74. The summed E-state index contributed by atoms with van der Waals surface area (Å²) in [5, 5.41) is 3.62. The Balaban J connectivity index is 1.94. The van der Waals surface area contributed by atoms with Gasteiger partial charge < -0.3 is 15.0 Å². The van der Waals surface area contributed by atoms with Crippen molar-refractivity contribution in [3.8, 4) is 5.75 Å². The largest absolute Gasteiger partial charge is 0.491 e. The van der Waals surface area contributed by atoms with Gasteiger partial charge in [0.1, 0.15) is 5.75 Å². The highest BCUT2D eigenvalue weighted by Gasteiger charge is 2.16. The van der Waals surface area contributed by atoms with Crippen LogP contribution in [0, 0.1) is 0 Å². The Kier molecular flexibility index (Phi) is 5.08. The third kappa shape index (κ3) is 4.43. The summed E-state index contributed by atoms with van der Waals surface area (Å²) in [7, 11) is 2.19. The molecule has 0 aromatic heterocycles. The standard InChI is InChI=1S/C16H26N2O/c1-4-13(2)19-16-9-5-7-14(11-16)17-15-8-6-10-18(3)12-15/h5,7,9,11,13,15,17H,4,6,8,10,12H2,1-3H3. The molecular formula is C16H26N2O. The van der Waals surface area contributed by atoms with E-state index in [0.29, 0.717) is 6.04 Å². The number of benzene rings is 1. The highest BCUT2D eigenvalue weighted by molar-refractivity contribution is 5.49. The topological polar surface area (TPSA) is 24.5 Å². The first kappa shape index (κ1) is 14.2. The molecule has 2 unspecified atom stereocenters. The molecule has 1 aromatic rings. The molecule has 3 heteroatoms. The first-order valence-corrected chi connectivity index (χ1v) is 7.39. The maximum absolute atomic E-state index is 5.86. The molecule has 0 amide bonds. The zero-order valence-corrected chi connectivity index (χ0v) is 12.4. The molecule has 0 saturated carbocycles. The fourth-order valence-electron chi connectivity index (χ4n) is 2.49. The fourth-order valence-corrected chi connectivity index (χ4v) is 2.49. The van der Waals surface area contributed by atoms with Crippen molar-refractivity contribution < 1.29 is 4.74 Å². The minimum atomic E-state index is 0.274. The van der Waals surface area contributed by atoms with Crippen molar-refractivity contribution in [1.82, 2.24) is 4.90 Å².